The Bertz CT molecular complexity index is 417. The Kier molecular flexibility index (Phi) is 4.90. The molecule has 0 aliphatic heterocycles. The van der Waals surface area contributed by atoms with Crippen LogP contribution in [0.4, 0.5) is 0 Å². The molecule has 0 radical (unpaired) electrons. The highest BCUT2D eigenvalue weighted by Crippen LogP contribution is 2.37. The number of aryl methyl sites for hydroxylation is 1. The first kappa shape index (κ1) is 15.1. The summed E-state index contributed by atoms with van der Waals surface area (Å²) in [5.74, 6) is 1.63. The first-order valence-corrected chi connectivity index (χ1v) is 7.78. The van der Waals surface area contributed by atoms with E-state index in [4.69, 9.17) is 4.42 Å². The number of nitrogens with one attached hydrogen (secondary N) is 1. The zero-order valence-electron chi connectivity index (χ0n) is 12.9. The van der Waals surface area contributed by atoms with Gasteiger partial charge in [-0.05, 0) is 36.3 Å². The van der Waals surface area contributed by atoms with E-state index < -0.39 is 0 Å². The first-order valence-electron chi connectivity index (χ1n) is 7.78. The summed E-state index contributed by atoms with van der Waals surface area (Å²) in [6.45, 7) is 6.85. The molecule has 0 aromatic carbocycles. The molecule has 3 heteroatoms. The van der Waals surface area contributed by atoms with Crippen LogP contribution in [0.3, 0.4) is 0 Å². The Morgan fingerprint density at radius 3 is 2.75 bits per heavy atom. The number of carbonyl (C=O) groups excluding carboxylic acids is 1. The van der Waals surface area contributed by atoms with Crippen molar-refractivity contribution in [3.8, 4) is 0 Å². The Hall–Kier alpha value is -1.25. The van der Waals surface area contributed by atoms with Crippen molar-refractivity contribution >= 4 is 5.91 Å². The molecule has 2 rings (SSSR count). The molecule has 0 bridgehead atoms. The van der Waals surface area contributed by atoms with Crippen molar-refractivity contribution in [2.45, 2.75) is 65.3 Å². The summed E-state index contributed by atoms with van der Waals surface area (Å²) in [4.78, 5) is 12.1. The second kappa shape index (κ2) is 6.47. The van der Waals surface area contributed by atoms with Gasteiger partial charge in [-0.2, -0.15) is 0 Å². The lowest BCUT2D eigenvalue weighted by Gasteiger charge is -2.40. The predicted molar refractivity (Wildman–Crippen MR) is 80.4 cm³/mol. The quantitative estimate of drug-likeness (QED) is 0.906. The molecule has 112 valence electrons. The summed E-state index contributed by atoms with van der Waals surface area (Å²) in [6, 6.07) is 4.13. The van der Waals surface area contributed by atoms with E-state index in [-0.39, 0.29) is 11.3 Å². The Morgan fingerprint density at radius 1 is 1.35 bits per heavy atom. The zero-order valence-corrected chi connectivity index (χ0v) is 12.9. The smallest absolute Gasteiger partial charge is 0.220 e. The van der Waals surface area contributed by atoms with Crippen LogP contribution >= 0.6 is 0 Å². The molecule has 0 spiro atoms. The average Bonchev–Trinajstić information content (AvgIpc) is 2.89. The highest BCUT2D eigenvalue weighted by atomic mass is 16.3. The van der Waals surface area contributed by atoms with Crippen molar-refractivity contribution in [3.63, 3.8) is 0 Å². The summed E-state index contributed by atoms with van der Waals surface area (Å²) in [5.41, 5.74) is 0.263. The molecular formula is C17H27NO2. The van der Waals surface area contributed by atoms with Crippen LogP contribution < -0.4 is 5.32 Å². The van der Waals surface area contributed by atoms with Gasteiger partial charge in [0.2, 0.25) is 5.91 Å². The number of furan rings is 1. The number of amides is 1. The molecule has 1 aromatic rings. The van der Waals surface area contributed by atoms with Crippen LogP contribution in [0.25, 0.3) is 0 Å². The monoisotopic (exact) mass is 277 g/mol. The zero-order chi connectivity index (χ0) is 14.6. The summed E-state index contributed by atoms with van der Waals surface area (Å²) >= 11 is 0. The van der Waals surface area contributed by atoms with E-state index in [0.717, 1.165) is 12.2 Å². The van der Waals surface area contributed by atoms with Gasteiger partial charge >= 0.3 is 0 Å². The molecule has 0 unspecified atom stereocenters. The molecule has 3 nitrogen and oxygen atoms in total. The van der Waals surface area contributed by atoms with Crippen molar-refractivity contribution < 1.29 is 9.21 Å². The highest BCUT2D eigenvalue weighted by Gasteiger charge is 2.34. The molecule has 1 N–H and O–H groups in total. The minimum atomic E-state index is 0.155. The molecule has 1 amide bonds. The fourth-order valence-electron chi connectivity index (χ4n) is 3.31. The predicted octanol–water partition coefficient (Wildman–Crippen LogP) is 3.93. The standard InChI is InChI=1S/C17H27NO2/c1-17(2,3)14-8-4-5-9-15(14)18-16(19)11-10-13-7-6-12-20-13/h6-7,12,14-15H,4-5,8-11H2,1-3H3,(H,18,19)/t14-,15+/m1/s1. The molecule has 1 aromatic heterocycles. The third kappa shape index (κ3) is 4.12. The van der Waals surface area contributed by atoms with Crippen LogP contribution in [0.2, 0.25) is 0 Å². The second-order valence-electron chi connectivity index (χ2n) is 7.01. The minimum absolute atomic E-state index is 0.155. The molecule has 2 atom stereocenters. The fraction of sp³-hybridized carbons (Fsp3) is 0.706. The van der Waals surface area contributed by atoms with E-state index in [2.05, 4.69) is 26.1 Å². The van der Waals surface area contributed by atoms with Gasteiger partial charge in [0.05, 0.1) is 6.26 Å². The summed E-state index contributed by atoms with van der Waals surface area (Å²) in [6.07, 6.45) is 7.73. The van der Waals surface area contributed by atoms with Gasteiger partial charge in [-0.1, -0.05) is 33.6 Å². The molecule has 20 heavy (non-hydrogen) atoms. The van der Waals surface area contributed by atoms with E-state index in [9.17, 15) is 4.79 Å². The maximum atomic E-state index is 12.1. The molecule has 1 aliphatic carbocycles. The van der Waals surface area contributed by atoms with Gasteiger partial charge in [0.15, 0.2) is 0 Å². The van der Waals surface area contributed by atoms with Crippen molar-refractivity contribution in [1.82, 2.24) is 5.32 Å². The lowest BCUT2D eigenvalue weighted by Crippen LogP contribution is -2.46. The largest absolute Gasteiger partial charge is 0.469 e. The van der Waals surface area contributed by atoms with Gasteiger partial charge in [0.25, 0.3) is 0 Å². The molecule has 1 aliphatic rings. The van der Waals surface area contributed by atoms with Crippen LogP contribution in [0, 0.1) is 11.3 Å². The van der Waals surface area contributed by atoms with Gasteiger partial charge in [-0.3, -0.25) is 4.79 Å². The third-order valence-corrected chi connectivity index (χ3v) is 4.40. The molecule has 1 heterocycles. The van der Waals surface area contributed by atoms with Crippen LogP contribution in [-0.2, 0) is 11.2 Å². The lowest BCUT2D eigenvalue weighted by atomic mass is 9.69. The van der Waals surface area contributed by atoms with Crippen molar-refractivity contribution in [2.24, 2.45) is 11.3 Å². The number of hydrogen-bond donors (Lipinski definition) is 1. The summed E-state index contributed by atoms with van der Waals surface area (Å²) in [5, 5.41) is 3.26. The normalized spacial score (nSPS) is 23.6. The summed E-state index contributed by atoms with van der Waals surface area (Å²) in [7, 11) is 0. The van der Waals surface area contributed by atoms with E-state index >= 15 is 0 Å². The maximum Gasteiger partial charge on any atom is 0.220 e. The molecule has 1 fully saturated rings. The maximum absolute atomic E-state index is 12.1. The topological polar surface area (TPSA) is 42.2 Å². The van der Waals surface area contributed by atoms with E-state index in [1.807, 2.05) is 12.1 Å². The van der Waals surface area contributed by atoms with E-state index in [1.54, 1.807) is 6.26 Å². The van der Waals surface area contributed by atoms with Crippen molar-refractivity contribution in [2.75, 3.05) is 0 Å². The number of rotatable bonds is 4. The Labute approximate surface area is 122 Å². The Balaban J connectivity index is 1.85. The van der Waals surface area contributed by atoms with E-state index in [0.29, 0.717) is 24.8 Å². The van der Waals surface area contributed by atoms with Crippen LogP contribution in [0.1, 0.15) is 58.6 Å². The Morgan fingerprint density at radius 2 is 2.10 bits per heavy atom. The first-order chi connectivity index (χ1) is 9.47. The van der Waals surface area contributed by atoms with Gasteiger partial charge < -0.3 is 9.73 Å². The second-order valence-corrected chi connectivity index (χ2v) is 7.01. The molecule has 0 saturated heterocycles. The van der Waals surface area contributed by atoms with Crippen molar-refractivity contribution in [3.05, 3.63) is 24.2 Å². The van der Waals surface area contributed by atoms with Gasteiger partial charge in [-0.25, -0.2) is 0 Å². The van der Waals surface area contributed by atoms with Gasteiger partial charge in [0, 0.05) is 18.9 Å². The number of carbonyl (C=O) groups is 1. The molecule has 1 saturated carbocycles. The fourth-order valence-corrected chi connectivity index (χ4v) is 3.31. The van der Waals surface area contributed by atoms with Gasteiger partial charge in [-0.15, -0.1) is 0 Å². The molecular weight excluding hydrogens is 250 g/mol. The number of hydrogen-bond acceptors (Lipinski definition) is 2. The summed E-state index contributed by atoms with van der Waals surface area (Å²) < 4.78 is 5.27. The average molecular weight is 277 g/mol. The van der Waals surface area contributed by atoms with Crippen molar-refractivity contribution in [1.29, 1.82) is 0 Å². The van der Waals surface area contributed by atoms with Crippen LogP contribution in [0.5, 0.6) is 0 Å². The highest BCUT2D eigenvalue weighted by molar-refractivity contribution is 5.76. The van der Waals surface area contributed by atoms with E-state index in [1.165, 1.54) is 19.3 Å². The van der Waals surface area contributed by atoms with Crippen LogP contribution in [-0.4, -0.2) is 11.9 Å². The van der Waals surface area contributed by atoms with Crippen LogP contribution in [0.15, 0.2) is 22.8 Å². The SMILES string of the molecule is CC(C)(C)[C@@H]1CCCC[C@@H]1NC(=O)CCc1ccco1. The minimum Gasteiger partial charge on any atom is -0.469 e. The lowest BCUT2D eigenvalue weighted by molar-refractivity contribution is -0.122. The van der Waals surface area contributed by atoms with Gasteiger partial charge in [0.1, 0.15) is 5.76 Å². The third-order valence-electron chi connectivity index (χ3n) is 4.40.